The Labute approximate surface area is 268 Å². The van der Waals surface area contributed by atoms with Gasteiger partial charge < -0.3 is 30.6 Å². The molecule has 244 valence electrons. The molecule has 1 aliphatic carbocycles. The number of rotatable bonds is 10. The summed E-state index contributed by atoms with van der Waals surface area (Å²) in [7, 11) is 0. The third-order valence-electron chi connectivity index (χ3n) is 7.60. The van der Waals surface area contributed by atoms with Crippen LogP contribution >= 0.6 is 0 Å². The number of imidazole rings is 1. The highest BCUT2D eigenvalue weighted by molar-refractivity contribution is 5.84. The average Bonchev–Trinajstić information content (AvgIpc) is 3.44. The maximum absolute atomic E-state index is 13.7. The molecule has 0 bridgehead atoms. The van der Waals surface area contributed by atoms with E-state index in [1.165, 1.54) is 12.1 Å². The van der Waals surface area contributed by atoms with Gasteiger partial charge in [-0.2, -0.15) is 9.97 Å². The van der Waals surface area contributed by atoms with Crippen molar-refractivity contribution in [3.8, 4) is 11.3 Å². The topological polar surface area (TPSA) is 148 Å². The molecule has 2 amide bonds. The second kappa shape index (κ2) is 14.1. The first-order chi connectivity index (χ1) is 21.9. The van der Waals surface area contributed by atoms with Crippen molar-refractivity contribution in [3.05, 3.63) is 60.3 Å². The molecule has 0 spiro atoms. The van der Waals surface area contributed by atoms with Gasteiger partial charge in [0.2, 0.25) is 11.9 Å². The first-order valence-electron chi connectivity index (χ1n) is 15.7. The van der Waals surface area contributed by atoms with Gasteiger partial charge in [0.25, 0.3) is 0 Å². The third-order valence-corrected chi connectivity index (χ3v) is 7.60. The number of nitrogens with zero attached hydrogens (tertiary/aromatic N) is 5. The van der Waals surface area contributed by atoms with Crippen LogP contribution in [0, 0.1) is 5.82 Å². The van der Waals surface area contributed by atoms with Crippen molar-refractivity contribution in [2.24, 2.45) is 0 Å². The highest BCUT2D eigenvalue weighted by Crippen LogP contribution is 2.27. The maximum Gasteiger partial charge on any atom is 0.408 e. The molecule has 1 fully saturated rings. The van der Waals surface area contributed by atoms with E-state index in [4.69, 9.17) is 14.7 Å². The second-order valence-corrected chi connectivity index (χ2v) is 12.8. The van der Waals surface area contributed by atoms with E-state index in [0.717, 1.165) is 42.5 Å². The molecule has 1 saturated carbocycles. The summed E-state index contributed by atoms with van der Waals surface area (Å²) in [6.45, 7) is 9.80. The van der Waals surface area contributed by atoms with Crippen molar-refractivity contribution in [3.63, 3.8) is 0 Å². The van der Waals surface area contributed by atoms with Crippen LogP contribution < -0.4 is 21.3 Å². The van der Waals surface area contributed by atoms with Crippen LogP contribution in [0.1, 0.15) is 71.9 Å². The van der Waals surface area contributed by atoms with Crippen molar-refractivity contribution in [2.75, 3.05) is 17.2 Å². The van der Waals surface area contributed by atoms with Crippen molar-refractivity contribution in [1.82, 2.24) is 35.1 Å². The number of carbonyl (C=O) groups excluding carboxylic acids is 2. The summed E-state index contributed by atoms with van der Waals surface area (Å²) in [4.78, 5) is 43.0. The lowest BCUT2D eigenvalue weighted by atomic mass is 9.91. The molecule has 3 heterocycles. The Kier molecular flexibility index (Phi) is 9.98. The van der Waals surface area contributed by atoms with Gasteiger partial charge in [-0.1, -0.05) is 18.2 Å². The smallest absolute Gasteiger partial charge is 0.408 e. The van der Waals surface area contributed by atoms with Crippen LogP contribution in [0.5, 0.6) is 0 Å². The summed E-state index contributed by atoms with van der Waals surface area (Å²) in [6, 6.07) is 10.5. The molecule has 5 rings (SSSR count). The van der Waals surface area contributed by atoms with Crippen molar-refractivity contribution < 1.29 is 18.7 Å². The summed E-state index contributed by atoms with van der Waals surface area (Å²) in [6.07, 6.45) is 6.14. The van der Waals surface area contributed by atoms with Crippen LogP contribution in [0.15, 0.2) is 48.9 Å². The predicted molar refractivity (Wildman–Crippen MR) is 175 cm³/mol. The van der Waals surface area contributed by atoms with E-state index in [9.17, 15) is 14.0 Å². The minimum atomic E-state index is -0.623. The second-order valence-electron chi connectivity index (χ2n) is 12.8. The van der Waals surface area contributed by atoms with Crippen LogP contribution in [0.3, 0.4) is 0 Å². The number of hydrogen-bond donors (Lipinski definition) is 4. The first kappa shape index (κ1) is 32.6. The van der Waals surface area contributed by atoms with Gasteiger partial charge >= 0.3 is 6.09 Å². The molecule has 0 atom stereocenters. The fourth-order valence-corrected chi connectivity index (χ4v) is 5.33. The number of nitrogens with one attached hydrogen (secondary N) is 4. The highest BCUT2D eigenvalue weighted by atomic mass is 19.1. The standard InChI is InChI=1S/C33H42FN9O3/c1-20(2)43-19-38-28-29(36-17-21-9-14-26(35-16-21)22-7-6-8-23(34)15-22)41-31(42-30(28)43)40-25-12-10-24(11-13-25)39-27(44)18-37-32(45)46-33(3,4)5/h6-9,14-16,19-20,24-25H,10-13,17-18H2,1-5H3,(H,37,45)(H,39,44)(H2,36,40,41,42). The number of ether oxygens (including phenoxy) is 1. The van der Waals surface area contributed by atoms with Crippen molar-refractivity contribution >= 4 is 34.9 Å². The fraction of sp³-hybridized carbons (Fsp3) is 0.455. The number of pyridine rings is 1. The zero-order chi connectivity index (χ0) is 32.8. The van der Waals surface area contributed by atoms with Gasteiger partial charge in [-0.15, -0.1) is 0 Å². The fourth-order valence-electron chi connectivity index (χ4n) is 5.33. The zero-order valence-electron chi connectivity index (χ0n) is 26.9. The molecule has 1 aliphatic rings. The van der Waals surface area contributed by atoms with E-state index < -0.39 is 11.7 Å². The number of alkyl carbamates (subject to hydrolysis) is 1. The highest BCUT2D eigenvalue weighted by Gasteiger charge is 2.25. The van der Waals surface area contributed by atoms with E-state index in [2.05, 4.69) is 45.1 Å². The molecule has 46 heavy (non-hydrogen) atoms. The predicted octanol–water partition coefficient (Wildman–Crippen LogP) is 5.58. The number of fused-ring (bicyclic) bond motifs is 1. The Hall–Kier alpha value is -4.81. The number of hydrogen-bond acceptors (Lipinski definition) is 9. The molecular weight excluding hydrogens is 589 g/mol. The molecule has 4 N–H and O–H groups in total. The summed E-state index contributed by atoms with van der Waals surface area (Å²) in [5.41, 5.74) is 3.14. The summed E-state index contributed by atoms with van der Waals surface area (Å²) < 4.78 is 20.9. The van der Waals surface area contributed by atoms with Gasteiger partial charge in [0.05, 0.1) is 12.0 Å². The molecule has 4 aromatic rings. The molecule has 3 aromatic heterocycles. The lowest BCUT2D eigenvalue weighted by molar-refractivity contribution is -0.121. The van der Waals surface area contributed by atoms with E-state index >= 15 is 0 Å². The summed E-state index contributed by atoms with van der Waals surface area (Å²) in [5, 5.41) is 12.4. The third kappa shape index (κ3) is 8.67. The van der Waals surface area contributed by atoms with Gasteiger partial charge in [0.15, 0.2) is 17.0 Å². The molecule has 0 saturated heterocycles. The Morgan fingerprint density at radius 1 is 1.04 bits per heavy atom. The van der Waals surface area contributed by atoms with Gasteiger partial charge in [-0.25, -0.2) is 14.2 Å². The maximum atomic E-state index is 13.7. The van der Waals surface area contributed by atoms with Crippen LogP contribution in [-0.4, -0.2) is 60.7 Å². The molecule has 13 heteroatoms. The number of halogens is 1. The Balaban J connectivity index is 1.19. The normalized spacial score (nSPS) is 16.7. The average molecular weight is 632 g/mol. The SMILES string of the molecule is CC(C)n1cnc2c(NCc3ccc(-c4cccc(F)c4)nc3)nc(NC3CCC(NC(=O)CNC(=O)OC(C)(C)C)CC3)nc21. The molecule has 0 unspecified atom stereocenters. The van der Waals surface area contributed by atoms with Crippen molar-refractivity contribution in [1.29, 1.82) is 0 Å². The number of carbonyl (C=O) groups is 2. The molecule has 1 aromatic carbocycles. The Bertz CT molecular complexity index is 1660. The monoisotopic (exact) mass is 631 g/mol. The van der Waals surface area contributed by atoms with Crippen molar-refractivity contribution in [2.45, 2.75) is 90.6 Å². The van der Waals surface area contributed by atoms with E-state index in [-0.39, 0.29) is 36.4 Å². The molecular formula is C33H42FN9O3. The quantitative estimate of drug-likeness (QED) is 0.176. The van der Waals surface area contributed by atoms with Gasteiger partial charge in [-0.05, 0) is 84.1 Å². The molecule has 0 radical (unpaired) electrons. The largest absolute Gasteiger partial charge is 0.444 e. The number of amides is 2. The van der Waals surface area contributed by atoms with Gasteiger partial charge in [0, 0.05) is 36.4 Å². The zero-order valence-corrected chi connectivity index (χ0v) is 26.9. The molecule has 12 nitrogen and oxygen atoms in total. The number of anilines is 2. The van der Waals surface area contributed by atoms with Gasteiger partial charge in [-0.3, -0.25) is 9.78 Å². The van der Waals surface area contributed by atoms with Crippen LogP contribution in [0.4, 0.5) is 21.0 Å². The summed E-state index contributed by atoms with van der Waals surface area (Å²) in [5.74, 6) is 0.575. The Morgan fingerprint density at radius 3 is 2.48 bits per heavy atom. The lowest BCUT2D eigenvalue weighted by Gasteiger charge is -2.30. The van der Waals surface area contributed by atoms with Gasteiger partial charge in [0.1, 0.15) is 18.0 Å². The molecule has 0 aliphatic heterocycles. The van der Waals surface area contributed by atoms with E-state index in [0.29, 0.717) is 29.5 Å². The Morgan fingerprint density at radius 2 is 1.80 bits per heavy atom. The first-order valence-corrected chi connectivity index (χ1v) is 15.7. The minimum Gasteiger partial charge on any atom is -0.444 e. The van der Waals surface area contributed by atoms with E-state index in [1.54, 1.807) is 39.4 Å². The lowest BCUT2D eigenvalue weighted by Crippen LogP contribution is -2.45. The van der Waals surface area contributed by atoms with Crippen LogP contribution in [0.25, 0.3) is 22.4 Å². The van der Waals surface area contributed by atoms with Crippen LogP contribution in [0.2, 0.25) is 0 Å². The minimum absolute atomic E-state index is 0.0231. The van der Waals surface area contributed by atoms with Crippen LogP contribution in [-0.2, 0) is 16.1 Å². The number of benzene rings is 1. The number of aromatic nitrogens is 5. The van der Waals surface area contributed by atoms with E-state index in [1.807, 2.05) is 22.8 Å². The summed E-state index contributed by atoms with van der Waals surface area (Å²) >= 11 is 0.